The molecule has 1 amide bonds. The average Bonchev–Trinajstić information content (AvgIpc) is 3.24. The quantitative estimate of drug-likeness (QED) is 0.815. The number of amides is 1. The molecule has 4 rings (SSSR count). The first-order valence-electron chi connectivity index (χ1n) is 9.30. The number of hydrogen-bond donors (Lipinski definition) is 0. The van der Waals surface area contributed by atoms with Crippen LogP contribution in [0.3, 0.4) is 0 Å². The van der Waals surface area contributed by atoms with Gasteiger partial charge in [0.1, 0.15) is 11.6 Å². The van der Waals surface area contributed by atoms with Gasteiger partial charge in [-0.1, -0.05) is 5.16 Å². The molecule has 0 saturated carbocycles. The molecular weight excluding hydrogens is 361 g/mol. The van der Waals surface area contributed by atoms with Crippen molar-refractivity contribution >= 4 is 17.3 Å². The molecule has 2 aliphatic rings. The molecule has 2 heterocycles. The van der Waals surface area contributed by atoms with E-state index in [4.69, 9.17) is 9.57 Å². The van der Waals surface area contributed by atoms with Crippen LogP contribution in [0.4, 0.5) is 10.1 Å². The summed E-state index contributed by atoms with van der Waals surface area (Å²) < 4.78 is 18.2. The Bertz CT molecular complexity index is 859. The van der Waals surface area contributed by atoms with Crippen molar-refractivity contribution in [3.63, 3.8) is 0 Å². The highest BCUT2D eigenvalue weighted by atomic mass is 19.1. The van der Waals surface area contributed by atoms with E-state index in [1.807, 2.05) is 29.2 Å². The summed E-state index contributed by atoms with van der Waals surface area (Å²) in [4.78, 5) is 22.2. The lowest BCUT2D eigenvalue weighted by atomic mass is 10.0. The number of anilines is 1. The summed E-state index contributed by atoms with van der Waals surface area (Å²) in [6, 6.07) is 14.0. The van der Waals surface area contributed by atoms with Crippen LogP contribution in [-0.2, 0) is 9.63 Å². The molecule has 0 bridgehead atoms. The third kappa shape index (κ3) is 3.78. The third-order valence-corrected chi connectivity index (χ3v) is 5.15. The molecule has 0 N–H and O–H groups in total. The van der Waals surface area contributed by atoms with E-state index in [2.05, 4.69) is 10.1 Å². The molecule has 1 atom stereocenters. The summed E-state index contributed by atoms with van der Waals surface area (Å²) in [7, 11) is 1.62. The molecule has 0 aliphatic carbocycles. The Hall–Kier alpha value is -3.09. The van der Waals surface area contributed by atoms with Crippen molar-refractivity contribution in [2.45, 2.75) is 12.5 Å². The molecular formula is C21H22FN3O3. The van der Waals surface area contributed by atoms with E-state index in [0.29, 0.717) is 32.6 Å². The van der Waals surface area contributed by atoms with Crippen LogP contribution in [0, 0.1) is 5.82 Å². The summed E-state index contributed by atoms with van der Waals surface area (Å²) in [5, 5.41) is 4.11. The fourth-order valence-electron chi connectivity index (χ4n) is 3.50. The number of rotatable bonds is 4. The Kier molecular flexibility index (Phi) is 5.14. The predicted molar refractivity (Wildman–Crippen MR) is 104 cm³/mol. The van der Waals surface area contributed by atoms with E-state index in [9.17, 15) is 9.18 Å². The number of benzene rings is 2. The normalized spacial score (nSPS) is 19.2. The van der Waals surface area contributed by atoms with Crippen molar-refractivity contribution in [3.05, 3.63) is 59.9 Å². The summed E-state index contributed by atoms with van der Waals surface area (Å²) in [6.07, 6.45) is -0.113. The van der Waals surface area contributed by atoms with Gasteiger partial charge in [-0.3, -0.25) is 4.79 Å². The van der Waals surface area contributed by atoms with Crippen LogP contribution in [0.15, 0.2) is 53.7 Å². The van der Waals surface area contributed by atoms with Crippen LogP contribution >= 0.6 is 0 Å². The maximum atomic E-state index is 13.1. The van der Waals surface area contributed by atoms with Crippen LogP contribution in [0.5, 0.6) is 5.75 Å². The minimum Gasteiger partial charge on any atom is -0.497 e. The predicted octanol–water partition coefficient (Wildman–Crippen LogP) is 2.68. The molecule has 0 radical (unpaired) electrons. The monoisotopic (exact) mass is 383 g/mol. The van der Waals surface area contributed by atoms with E-state index in [1.54, 1.807) is 19.2 Å². The summed E-state index contributed by atoms with van der Waals surface area (Å²) in [5.74, 6) is 0.490. The molecule has 1 saturated heterocycles. The molecule has 2 aromatic rings. The number of oxime groups is 1. The Labute approximate surface area is 163 Å². The molecule has 1 fully saturated rings. The molecule has 7 heteroatoms. The van der Waals surface area contributed by atoms with Gasteiger partial charge < -0.3 is 19.4 Å². The molecule has 0 aromatic heterocycles. The van der Waals surface area contributed by atoms with Crippen LogP contribution in [-0.4, -0.2) is 55.9 Å². The number of carbonyl (C=O) groups excluding carboxylic acids is 1. The molecule has 2 aliphatic heterocycles. The zero-order valence-electron chi connectivity index (χ0n) is 15.7. The van der Waals surface area contributed by atoms with Gasteiger partial charge in [0.05, 0.1) is 12.8 Å². The second kappa shape index (κ2) is 7.88. The van der Waals surface area contributed by atoms with Gasteiger partial charge in [-0.25, -0.2) is 4.39 Å². The number of carbonyl (C=O) groups is 1. The van der Waals surface area contributed by atoms with Crippen molar-refractivity contribution < 1.29 is 18.8 Å². The number of methoxy groups -OCH3 is 1. The van der Waals surface area contributed by atoms with Gasteiger partial charge in [-0.2, -0.15) is 0 Å². The lowest BCUT2D eigenvalue weighted by Crippen LogP contribution is -2.51. The second-order valence-corrected chi connectivity index (χ2v) is 6.85. The highest BCUT2D eigenvalue weighted by Gasteiger charge is 2.33. The van der Waals surface area contributed by atoms with E-state index >= 15 is 0 Å². The van der Waals surface area contributed by atoms with E-state index < -0.39 is 6.10 Å². The van der Waals surface area contributed by atoms with E-state index in [-0.39, 0.29) is 11.7 Å². The number of hydrogen-bond acceptors (Lipinski definition) is 5. The van der Waals surface area contributed by atoms with Gasteiger partial charge in [0.15, 0.2) is 0 Å². The maximum absolute atomic E-state index is 13.1. The first-order chi connectivity index (χ1) is 13.6. The molecule has 28 heavy (non-hydrogen) atoms. The van der Waals surface area contributed by atoms with Crippen molar-refractivity contribution in [1.29, 1.82) is 0 Å². The van der Waals surface area contributed by atoms with E-state index in [1.165, 1.54) is 12.1 Å². The van der Waals surface area contributed by atoms with Crippen LogP contribution in [0.2, 0.25) is 0 Å². The molecule has 146 valence electrons. The van der Waals surface area contributed by atoms with Crippen molar-refractivity contribution in [1.82, 2.24) is 4.90 Å². The Morgan fingerprint density at radius 2 is 1.75 bits per heavy atom. The van der Waals surface area contributed by atoms with Gasteiger partial charge in [-0.15, -0.1) is 0 Å². The van der Waals surface area contributed by atoms with E-state index in [0.717, 1.165) is 22.7 Å². The zero-order chi connectivity index (χ0) is 19.5. The van der Waals surface area contributed by atoms with Crippen LogP contribution < -0.4 is 9.64 Å². The van der Waals surface area contributed by atoms with Gasteiger partial charge >= 0.3 is 0 Å². The number of piperazine rings is 1. The molecule has 0 unspecified atom stereocenters. The summed E-state index contributed by atoms with van der Waals surface area (Å²) in [6.45, 7) is 2.62. The number of halogens is 1. The summed E-state index contributed by atoms with van der Waals surface area (Å²) in [5.41, 5.74) is 2.67. The van der Waals surface area contributed by atoms with Gasteiger partial charge in [0.2, 0.25) is 6.10 Å². The Morgan fingerprint density at radius 1 is 1.07 bits per heavy atom. The van der Waals surface area contributed by atoms with Gasteiger partial charge in [0.25, 0.3) is 5.91 Å². The third-order valence-electron chi connectivity index (χ3n) is 5.15. The minimum atomic E-state index is -0.575. The zero-order valence-corrected chi connectivity index (χ0v) is 15.7. The Balaban J connectivity index is 1.31. The minimum absolute atomic E-state index is 0.0361. The number of ether oxygens (including phenoxy) is 1. The van der Waals surface area contributed by atoms with Gasteiger partial charge in [0, 0.05) is 38.3 Å². The SMILES string of the molecule is COc1ccc(C2=NO[C@H](C(=O)N3CCN(c4ccc(F)cc4)CC3)C2)cc1. The van der Waals surface area contributed by atoms with Crippen molar-refractivity contribution in [2.24, 2.45) is 5.16 Å². The molecule has 6 nitrogen and oxygen atoms in total. The number of nitrogens with zero attached hydrogens (tertiary/aromatic N) is 3. The fraction of sp³-hybridized carbons (Fsp3) is 0.333. The Morgan fingerprint density at radius 3 is 2.39 bits per heavy atom. The fourth-order valence-corrected chi connectivity index (χ4v) is 3.50. The van der Waals surface area contributed by atoms with Crippen molar-refractivity contribution in [3.8, 4) is 5.75 Å². The largest absolute Gasteiger partial charge is 0.497 e. The smallest absolute Gasteiger partial charge is 0.267 e. The highest BCUT2D eigenvalue weighted by Crippen LogP contribution is 2.22. The van der Waals surface area contributed by atoms with Crippen LogP contribution in [0.1, 0.15) is 12.0 Å². The lowest BCUT2D eigenvalue weighted by molar-refractivity contribution is -0.142. The lowest BCUT2D eigenvalue weighted by Gasteiger charge is -2.36. The van der Waals surface area contributed by atoms with Crippen LogP contribution in [0.25, 0.3) is 0 Å². The molecule has 0 spiro atoms. The second-order valence-electron chi connectivity index (χ2n) is 6.85. The molecule has 2 aromatic carbocycles. The first kappa shape index (κ1) is 18.3. The first-order valence-corrected chi connectivity index (χ1v) is 9.30. The van der Waals surface area contributed by atoms with Crippen molar-refractivity contribution in [2.75, 3.05) is 38.2 Å². The standard InChI is InChI=1S/C21H22FN3O3/c1-27-18-8-2-15(3-9-18)19-14-20(28-23-19)21(26)25-12-10-24(11-13-25)17-6-4-16(22)5-7-17/h2-9,20H,10-14H2,1H3/t20-/m0/s1. The average molecular weight is 383 g/mol. The topological polar surface area (TPSA) is 54.4 Å². The van der Waals surface area contributed by atoms with Gasteiger partial charge in [-0.05, 0) is 54.1 Å². The summed E-state index contributed by atoms with van der Waals surface area (Å²) >= 11 is 0. The highest BCUT2D eigenvalue weighted by molar-refractivity contribution is 6.04. The maximum Gasteiger partial charge on any atom is 0.267 e.